The number of halogens is 2. The average Bonchev–Trinajstić information content (AvgIpc) is 2.61. The van der Waals surface area contributed by atoms with Crippen LogP contribution in [0.2, 0.25) is 0 Å². The Morgan fingerprint density at radius 1 is 1.26 bits per heavy atom. The van der Waals surface area contributed by atoms with Gasteiger partial charge in [-0.1, -0.05) is 6.07 Å². The van der Waals surface area contributed by atoms with Gasteiger partial charge in [-0.15, -0.1) is 0 Å². The summed E-state index contributed by atoms with van der Waals surface area (Å²) in [6, 6.07) is 7.12. The molecule has 27 heavy (non-hydrogen) atoms. The average molecular weight is 389 g/mol. The number of benzene rings is 2. The molecule has 0 radical (unpaired) electrons. The molecule has 3 aromatic rings. The van der Waals surface area contributed by atoms with Crippen molar-refractivity contribution in [3.8, 4) is 0 Å². The van der Waals surface area contributed by atoms with Crippen molar-refractivity contribution in [2.24, 2.45) is 0 Å². The lowest BCUT2D eigenvalue weighted by Crippen LogP contribution is -2.27. The van der Waals surface area contributed by atoms with Crippen LogP contribution in [0.15, 0.2) is 41.2 Å². The summed E-state index contributed by atoms with van der Waals surface area (Å²) in [5.41, 5.74) is 0.680. The Balaban J connectivity index is 1.92. The van der Waals surface area contributed by atoms with Crippen LogP contribution in [0.25, 0.3) is 10.9 Å². The zero-order valence-corrected chi connectivity index (χ0v) is 15.5. The van der Waals surface area contributed by atoms with Crippen LogP contribution in [0.5, 0.6) is 0 Å². The summed E-state index contributed by atoms with van der Waals surface area (Å²) in [7, 11) is 0. The van der Waals surface area contributed by atoms with Crippen LogP contribution in [-0.2, 0) is 6.54 Å². The Kier molecular flexibility index (Phi) is 5.18. The van der Waals surface area contributed by atoms with Crippen LogP contribution < -0.4 is 10.9 Å². The van der Waals surface area contributed by atoms with E-state index >= 15 is 0 Å². The molecule has 0 aliphatic carbocycles. The van der Waals surface area contributed by atoms with Crippen LogP contribution >= 0.6 is 12.2 Å². The van der Waals surface area contributed by atoms with Crippen LogP contribution in [0.3, 0.4) is 0 Å². The largest absolute Gasteiger partial charge is 0.345 e. The molecular weight excluding hydrogens is 372 g/mol. The standard InChI is InChI=1S/C19H17F2N3O2S/c1-3-24-18(26)14-6-4-11(8-16(14)23-19(24)27)17(25)22-10(2)13-7-5-12(20)9-15(13)21/h4-10H,3H2,1-2H3,(H,22,25)(H,23,27)/t10-/m1/s1. The third kappa shape index (κ3) is 3.66. The number of aromatic amines is 1. The van der Waals surface area contributed by atoms with Gasteiger partial charge in [-0.2, -0.15) is 0 Å². The van der Waals surface area contributed by atoms with Gasteiger partial charge in [-0.3, -0.25) is 14.2 Å². The number of amides is 1. The van der Waals surface area contributed by atoms with Crippen molar-refractivity contribution in [3.63, 3.8) is 0 Å². The number of hydrogen-bond acceptors (Lipinski definition) is 3. The predicted octanol–water partition coefficient (Wildman–Crippen LogP) is 3.85. The van der Waals surface area contributed by atoms with Gasteiger partial charge < -0.3 is 10.3 Å². The van der Waals surface area contributed by atoms with Crippen molar-refractivity contribution in [2.75, 3.05) is 0 Å². The maximum Gasteiger partial charge on any atom is 0.262 e. The molecule has 8 heteroatoms. The number of fused-ring (bicyclic) bond motifs is 1. The van der Waals surface area contributed by atoms with Crippen molar-refractivity contribution in [1.82, 2.24) is 14.9 Å². The van der Waals surface area contributed by atoms with E-state index in [-0.39, 0.29) is 21.5 Å². The van der Waals surface area contributed by atoms with Gasteiger partial charge >= 0.3 is 0 Å². The zero-order chi connectivity index (χ0) is 19.7. The van der Waals surface area contributed by atoms with Crippen LogP contribution in [0.4, 0.5) is 8.78 Å². The lowest BCUT2D eigenvalue weighted by Gasteiger charge is -2.15. The summed E-state index contributed by atoms with van der Waals surface area (Å²) < 4.78 is 28.6. The second-order valence-electron chi connectivity index (χ2n) is 6.10. The van der Waals surface area contributed by atoms with E-state index in [9.17, 15) is 18.4 Å². The zero-order valence-electron chi connectivity index (χ0n) is 14.7. The van der Waals surface area contributed by atoms with Gasteiger partial charge in [0.15, 0.2) is 4.77 Å². The van der Waals surface area contributed by atoms with Gasteiger partial charge in [0, 0.05) is 23.7 Å². The molecule has 2 N–H and O–H groups in total. The first-order valence-corrected chi connectivity index (χ1v) is 8.75. The van der Waals surface area contributed by atoms with Crippen molar-refractivity contribution >= 4 is 29.0 Å². The molecule has 1 amide bonds. The quantitative estimate of drug-likeness (QED) is 0.666. The molecule has 2 aromatic carbocycles. The molecule has 140 valence electrons. The fourth-order valence-corrected chi connectivity index (χ4v) is 3.22. The molecule has 0 bridgehead atoms. The van der Waals surface area contributed by atoms with Crippen molar-refractivity contribution in [2.45, 2.75) is 26.4 Å². The highest BCUT2D eigenvalue weighted by Crippen LogP contribution is 2.19. The highest BCUT2D eigenvalue weighted by Gasteiger charge is 2.16. The monoisotopic (exact) mass is 389 g/mol. The molecule has 1 atom stereocenters. The highest BCUT2D eigenvalue weighted by molar-refractivity contribution is 7.71. The van der Waals surface area contributed by atoms with Crippen LogP contribution in [-0.4, -0.2) is 15.5 Å². The molecule has 0 spiro atoms. The highest BCUT2D eigenvalue weighted by atomic mass is 32.1. The minimum atomic E-state index is -0.731. The predicted molar refractivity (Wildman–Crippen MR) is 101 cm³/mol. The smallest absolute Gasteiger partial charge is 0.262 e. The second-order valence-corrected chi connectivity index (χ2v) is 6.49. The minimum absolute atomic E-state index is 0.177. The summed E-state index contributed by atoms with van der Waals surface area (Å²) in [5, 5.41) is 3.08. The Labute approximate surface area is 158 Å². The summed E-state index contributed by atoms with van der Waals surface area (Å²) in [5.74, 6) is -1.87. The van der Waals surface area contributed by atoms with E-state index in [0.29, 0.717) is 17.4 Å². The Morgan fingerprint density at radius 2 is 2.00 bits per heavy atom. The van der Waals surface area contributed by atoms with Crippen LogP contribution in [0.1, 0.15) is 35.8 Å². The summed E-state index contributed by atoms with van der Waals surface area (Å²) in [6.45, 7) is 3.85. The number of carbonyl (C=O) groups is 1. The number of hydrogen-bond donors (Lipinski definition) is 2. The lowest BCUT2D eigenvalue weighted by atomic mass is 10.1. The Morgan fingerprint density at radius 3 is 2.67 bits per heavy atom. The van der Waals surface area contributed by atoms with E-state index in [4.69, 9.17) is 12.2 Å². The molecule has 3 rings (SSSR count). The maximum absolute atomic E-state index is 13.9. The van der Waals surface area contributed by atoms with Gasteiger partial charge in [-0.05, 0) is 50.3 Å². The normalized spacial score (nSPS) is 12.1. The molecule has 0 unspecified atom stereocenters. The Hall–Kier alpha value is -2.87. The maximum atomic E-state index is 13.9. The van der Waals surface area contributed by atoms with Gasteiger partial charge in [0.2, 0.25) is 0 Å². The van der Waals surface area contributed by atoms with E-state index in [0.717, 1.165) is 12.1 Å². The third-order valence-electron chi connectivity index (χ3n) is 4.34. The fraction of sp³-hybridized carbons (Fsp3) is 0.211. The van der Waals surface area contributed by atoms with E-state index in [1.807, 2.05) is 6.92 Å². The minimum Gasteiger partial charge on any atom is -0.345 e. The van der Waals surface area contributed by atoms with Crippen molar-refractivity contribution < 1.29 is 13.6 Å². The molecule has 0 aliphatic heterocycles. The van der Waals surface area contributed by atoms with Crippen LogP contribution in [0, 0.1) is 16.4 Å². The summed E-state index contributed by atoms with van der Waals surface area (Å²) in [6.07, 6.45) is 0. The first-order valence-electron chi connectivity index (χ1n) is 8.34. The number of carbonyl (C=O) groups excluding carboxylic acids is 1. The van der Waals surface area contributed by atoms with E-state index in [1.165, 1.54) is 22.8 Å². The molecule has 1 aromatic heterocycles. The molecule has 0 fully saturated rings. The number of nitrogens with one attached hydrogen (secondary N) is 2. The van der Waals surface area contributed by atoms with Gasteiger partial charge in [0.05, 0.1) is 16.9 Å². The SMILES string of the molecule is CCn1c(=S)[nH]c2cc(C(=O)N[C@H](C)c3ccc(F)cc3F)ccc2c1=O. The van der Waals surface area contributed by atoms with Gasteiger partial charge in [0.25, 0.3) is 11.5 Å². The van der Waals surface area contributed by atoms with E-state index in [1.54, 1.807) is 13.0 Å². The van der Waals surface area contributed by atoms with Crippen molar-refractivity contribution in [1.29, 1.82) is 0 Å². The third-order valence-corrected chi connectivity index (χ3v) is 4.66. The number of rotatable bonds is 4. The molecule has 0 saturated carbocycles. The summed E-state index contributed by atoms with van der Waals surface area (Å²) >= 11 is 5.17. The lowest BCUT2D eigenvalue weighted by molar-refractivity contribution is 0.0939. The van der Waals surface area contributed by atoms with Gasteiger partial charge in [0.1, 0.15) is 11.6 Å². The van der Waals surface area contributed by atoms with E-state index in [2.05, 4.69) is 10.3 Å². The van der Waals surface area contributed by atoms with E-state index < -0.39 is 23.6 Å². The first-order chi connectivity index (χ1) is 12.8. The second kappa shape index (κ2) is 7.40. The van der Waals surface area contributed by atoms with Crippen molar-refractivity contribution in [3.05, 3.63) is 74.3 Å². The topological polar surface area (TPSA) is 66.9 Å². The van der Waals surface area contributed by atoms with Gasteiger partial charge in [-0.25, -0.2) is 8.78 Å². The molecule has 0 aliphatic rings. The number of nitrogens with zero attached hydrogens (tertiary/aromatic N) is 1. The molecule has 1 heterocycles. The molecule has 5 nitrogen and oxygen atoms in total. The summed E-state index contributed by atoms with van der Waals surface area (Å²) in [4.78, 5) is 27.8. The number of aromatic nitrogens is 2. The molecular formula is C19H17F2N3O2S. The fourth-order valence-electron chi connectivity index (χ4n) is 2.89. The first kappa shape index (κ1) is 18.9. The number of H-pyrrole nitrogens is 1. The Bertz CT molecular complexity index is 1150. The molecule has 0 saturated heterocycles.